The average molecular weight is 260 g/mol. The van der Waals surface area contributed by atoms with Crippen LogP contribution in [0.15, 0.2) is 42.9 Å². The number of fused-ring (bicyclic) bond motifs is 1. The second kappa shape index (κ2) is 4.31. The SMILES string of the molecule is Cc1ccc(Oc2ccn3ncnc3c2)c(Cl)c1. The number of ether oxygens (including phenoxy) is 1. The van der Waals surface area contributed by atoms with Gasteiger partial charge in [-0.25, -0.2) is 9.50 Å². The van der Waals surface area contributed by atoms with Crippen LogP contribution in [0, 0.1) is 6.92 Å². The van der Waals surface area contributed by atoms with Crippen LogP contribution in [0.4, 0.5) is 0 Å². The van der Waals surface area contributed by atoms with Gasteiger partial charge in [-0.1, -0.05) is 17.7 Å². The summed E-state index contributed by atoms with van der Waals surface area (Å²) in [4.78, 5) is 4.10. The molecular weight excluding hydrogens is 250 g/mol. The fourth-order valence-electron chi connectivity index (χ4n) is 1.68. The van der Waals surface area contributed by atoms with Crippen LogP contribution in [0.1, 0.15) is 5.56 Å². The van der Waals surface area contributed by atoms with E-state index in [0.717, 1.165) is 11.2 Å². The van der Waals surface area contributed by atoms with Gasteiger partial charge in [-0.3, -0.25) is 0 Å². The van der Waals surface area contributed by atoms with Gasteiger partial charge in [0, 0.05) is 12.3 Å². The number of nitrogens with zero attached hydrogens (tertiary/aromatic N) is 3. The first-order chi connectivity index (χ1) is 8.72. The van der Waals surface area contributed by atoms with E-state index in [0.29, 0.717) is 16.5 Å². The molecule has 0 N–H and O–H groups in total. The minimum absolute atomic E-state index is 0.594. The molecule has 1 aromatic carbocycles. The van der Waals surface area contributed by atoms with Gasteiger partial charge in [-0.05, 0) is 30.7 Å². The fourth-order valence-corrected chi connectivity index (χ4v) is 1.95. The maximum absolute atomic E-state index is 6.12. The highest BCUT2D eigenvalue weighted by molar-refractivity contribution is 6.32. The zero-order valence-corrected chi connectivity index (χ0v) is 10.4. The molecule has 0 atom stereocenters. The lowest BCUT2D eigenvalue weighted by molar-refractivity contribution is 0.482. The molecule has 0 fully saturated rings. The molecule has 0 saturated heterocycles. The molecular formula is C13H10ClN3O. The van der Waals surface area contributed by atoms with E-state index in [1.807, 2.05) is 37.3 Å². The molecule has 0 amide bonds. The van der Waals surface area contributed by atoms with Crippen LogP contribution in [0.3, 0.4) is 0 Å². The summed E-state index contributed by atoms with van der Waals surface area (Å²) in [5, 5.41) is 4.61. The largest absolute Gasteiger partial charge is 0.456 e. The van der Waals surface area contributed by atoms with E-state index in [4.69, 9.17) is 16.3 Å². The van der Waals surface area contributed by atoms with Crippen LogP contribution in [-0.2, 0) is 0 Å². The first kappa shape index (κ1) is 11.0. The lowest BCUT2D eigenvalue weighted by atomic mass is 10.2. The van der Waals surface area contributed by atoms with Crippen molar-refractivity contribution in [2.45, 2.75) is 6.92 Å². The van der Waals surface area contributed by atoms with Crippen molar-refractivity contribution < 1.29 is 4.74 Å². The maximum atomic E-state index is 6.12. The van der Waals surface area contributed by atoms with Gasteiger partial charge in [0.1, 0.15) is 17.8 Å². The van der Waals surface area contributed by atoms with E-state index in [1.54, 1.807) is 10.7 Å². The molecule has 2 heterocycles. The molecule has 2 aromatic heterocycles. The number of rotatable bonds is 2. The highest BCUT2D eigenvalue weighted by atomic mass is 35.5. The average Bonchev–Trinajstić information content (AvgIpc) is 2.80. The minimum Gasteiger partial charge on any atom is -0.456 e. The molecule has 0 aliphatic carbocycles. The Morgan fingerprint density at radius 1 is 1.22 bits per heavy atom. The number of benzene rings is 1. The Morgan fingerprint density at radius 3 is 2.94 bits per heavy atom. The molecule has 3 aromatic rings. The van der Waals surface area contributed by atoms with Gasteiger partial charge in [0.15, 0.2) is 5.65 Å². The van der Waals surface area contributed by atoms with Gasteiger partial charge in [-0.15, -0.1) is 0 Å². The van der Waals surface area contributed by atoms with E-state index in [1.165, 1.54) is 6.33 Å². The maximum Gasteiger partial charge on any atom is 0.158 e. The van der Waals surface area contributed by atoms with Crippen molar-refractivity contribution in [3.8, 4) is 11.5 Å². The minimum atomic E-state index is 0.594. The van der Waals surface area contributed by atoms with Crippen molar-refractivity contribution in [1.82, 2.24) is 14.6 Å². The molecule has 0 spiro atoms. The smallest absolute Gasteiger partial charge is 0.158 e. The van der Waals surface area contributed by atoms with Crippen LogP contribution in [0.5, 0.6) is 11.5 Å². The van der Waals surface area contributed by atoms with Gasteiger partial charge in [-0.2, -0.15) is 5.10 Å². The first-order valence-corrected chi connectivity index (χ1v) is 5.83. The van der Waals surface area contributed by atoms with Gasteiger partial charge < -0.3 is 4.74 Å². The van der Waals surface area contributed by atoms with E-state index < -0.39 is 0 Å². The number of aryl methyl sites for hydroxylation is 1. The lowest BCUT2D eigenvalue weighted by Crippen LogP contribution is -1.90. The highest BCUT2D eigenvalue weighted by Crippen LogP contribution is 2.30. The Morgan fingerprint density at radius 2 is 2.11 bits per heavy atom. The number of pyridine rings is 1. The molecule has 5 heteroatoms. The van der Waals surface area contributed by atoms with Crippen LogP contribution in [0.2, 0.25) is 5.02 Å². The van der Waals surface area contributed by atoms with Crippen molar-refractivity contribution >= 4 is 17.2 Å². The molecule has 18 heavy (non-hydrogen) atoms. The second-order valence-corrected chi connectivity index (χ2v) is 4.37. The van der Waals surface area contributed by atoms with Crippen LogP contribution in [0.25, 0.3) is 5.65 Å². The normalized spacial score (nSPS) is 10.8. The molecule has 0 aliphatic heterocycles. The number of halogens is 1. The summed E-state index contributed by atoms with van der Waals surface area (Å²) in [5.74, 6) is 1.31. The summed E-state index contributed by atoms with van der Waals surface area (Å²) in [6.45, 7) is 1.98. The molecule has 0 saturated carbocycles. The van der Waals surface area contributed by atoms with Crippen molar-refractivity contribution in [3.63, 3.8) is 0 Å². The monoisotopic (exact) mass is 259 g/mol. The van der Waals surface area contributed by atoms with Crippen molar-refractivity contribution in [3.05, 3.63) is 53.4 Å². The number of hydrogen-bond acceptors (Lipinski definition) is 3. The molecule has 4 nitrogen and oxygen atoms in total. The zero-order valence-electron chi connectivity index (χ0n) is 9.67. The van der Waals surface area contributed by atoms with Crippen molar-refractivity contribution in [1.29, 1.82) is 0 Å². The Bertz CT molecular complexity index is 708. The van der Waals surface area contributed by atoms with Crippen LogP contribution in [-0.4, -0.2) is 14.6 Å². The van der Waals surface area contributed by atoms with Gasteiger partial charge in [0.05, 0.1) is 5.02 Å². The topological polar surface area (TPSA) is 39.4 Å². The van der Waals surface area contributed by atoms with Crippen molar-refractivity contribution in [2.24, 2.45) is 0 Å². The lowest BCUT2D eigenvalue weighted by Gasteiger charge is -2.08. The summed E-state index contributed by atoms with van der Waals surface area (Å²) in [7, 11) is 0. The Hall–Kier alpha value is -2.07. The van der Waals surface area contributed by atoms with Gasteiger partial charge in [0.25, 0.3) is 0 Å². The van der Waals surface area contributed by atoms with Gasteiger partial charge >= 0.3 is 0 Å². The summed E-state index contributed by atoms with van der Waals surface area (Å²) in [6.07, 6.45) is 3.29. The molecule has 0 bridgehead atoms. The standard InChI is InChI=1S/C13H10ClN3O/c1-9-2-3-12(11(14)6-9)18-10-4-5-17-13(7-10)15-8-16-17/h2-8H,1H3. The Kier molecular flexibility index (Phi) is 2.64. The van der Waals surface area contributed by atoms with E-state index in [2.05, 4.69) is 10.1 Å². The van der Waals surface area contributed by atoms with E-state index in [9.17, 15) is 0 Å². The fraction of sp³-hybridized carbons (Fsp3) is 0.0769. The molecule has 0 radical (unpaired) electrons. The number of hydrogen-bond donors (Lipinski definition) is 0. The summed E-state index contributed by atoms with van der Waals surface area (Å²) >= 11 is 6.12. The van der Waals surface area contributed by atoms with E-state index in [-0.39, 0.29) is 0 Å². The first-order valence-electron chi connectivity index (χ1n) is 5.46. The van der Waals surface area contributed by atoms with Crippen LogP contribution >= 0.6 is 11.6 Å². The van der Waals surface area contributed by atoms with Crippen LogP contribution < -0.4 is 4.74 Å². The third-order valence-electron chi connectivity index (χ3n) is 2.57. The quantitative estimate of drug-likeness (QED) is 0.707. The molecule has 0 aliphatic rings. The Labute approximate surface area is 109 Å². The Balaban J connectivity index is 1.95. The van der Waals surface area contributed by atoms with E-state index >= 15 is 0 Å². The highest BCUT2D eigenvalue weighted by Gasteiger charge is 2.04. The second-order valence-electron chi connectivity index (χ2n) is 3.96. The van der Waals surface area contributed by atoms with Crippen molar-refractivity contribution in [2.75, 3.05) is 0 Å². The number of aromatic nitrogens is 3. The van der Waals surface area contributed by atoms with Gasteiger partial charge in [0.2, 0.25) is 0 Å². The summed E-state index contributed by atoms with van der Waals surface area (Å²) in [5.41, 5.74) is 1.83. The molecule has 90 valence electrons. The predicted octanol–water partition coefficient (Wildman–Crippen LogP) is 3.48. The summed E-state index contributed by atoms with van der Waals surface area (Å²) < 4.78 is 7.40. The summed E-state index contributed by atoms with van der Waals surface area (Å²) in [6, 6.07) is 9.30. The third-order valence-corrected chi connectivity index (χ3v) is 2.86. The molecule has 3 rings (SSSR count). The zero-order chi connectivity index (χ0) is 12.5. The molecule has 0 unspecified atom stereocenters. The predicted molar refractivity (Wildman–Crippen MR) is 69.3 cm³/mol. The third kappa shape index (κ3) is 2.02.